The van der Waals surface area contributed by atoms with E-state index in [1.165, 1.54) is 24.6 Å². The highest BCUT2D eigenvalue weighted by atomic mass is 32.1. The van der Waals surface area contributed by atoms with Gasteiger partial charge in [0.15, 0.2) is 22.5 Å². The van der Waals surface area contributed by atoms with Crippen molar-refractivity contribution in [2.45, 2.75) is 18.5 Å². The standard InChI is InChI=1S/C23H18F2N4O5S/c1-34-21(32)15-11-35-22(26-15)28-19(30)16(10-12-6-3-2-4-7-12)29-20(31)18(27-23(29)33)13-8-5-9-14(24)17(13)25/h2-9,11,16,18H,10H2,1H3,(H,27,33)(H,26,28,30)/t16-,18-/m0/s1. The van der Waals surface area contributed by atoms with E-state index in [1.807, 2.05) is 0 Å². The van der Waals surface area contributed by atoms with Gasteiger partial charge in [0, 0.05) is 17.4 Å². The number of nitrogens with zero attached hydrogens (tertiary/aromatic N) is 2. The molecule has 12 heteroatoms. The smallest absolute Gasteiger partial charge is 0.357 e. The van der Waals surface area contributed by atoms with Crippen molar-refractivity contribution in [3.8, 4) is 0 Å². The number of anilines is 1. The predicted octanol–water partition coefficient (Wildman–Crippen LogP) is 3.05. The van der Waals surface area contributed by atoms with E-state index < -0.39 is 47.5 Å². The maximum absolute atomic E-state index is 14.4. The minimum atomic E-state index is -1.50. The number of nitrogens with one attached hydrogen (secondary N) is 2. The zero-order valence-corrected chi connectivity index (χ0v) is 19.0. The van der Waals surface area contributed by atoms with Gasteiger partial charge in [-0.15, -0.1) is 11.3 Å². The Labute approximate surface area is 201 Å². The van der Waals surface area contributed by atoms with Crippen LogP contribution in [0.25, 0.3) is 0 Å². The number of ether oxygens (including phenoxy) is 1. The van der Waals surface area contributed by atoms with Gasteiger partial charge in [-0.1, -0.05) is 42.5 Å². The molecule has 9 nitrogen and oxygen atoms in total. The molecule has 1 fully saturated rings. The molecule has 2 heterocycles. The number of benzene rings is 2. The molecule has 2 aromatic carbocycles. The fourth-order valence-electron chi connectivity index (χ4n) is 3.60. The number of hydrogen-bond acceptors (Lipinski definition) is 7. The van der Waals surface area contributed by atoms with Crippen LogP contribution in [-0.4, -0.2) is 46.9 Å². The molecule has 1 aromatic heterocycles. The van der Waals surface area contributed by atoms with E-state index in [9.17, 15) is 28.0 Å². The number of esters is 1. The van der Waals surface area contributed by atoms with Gasteiger partial charge in [-0.05, 0) is 11.6 Å². The number of carbonyl (C=O) groups excluding carboxylic acids is 4. The normalized spacial score (nSPS) is 16.1. The first-order valence-corrected chi connectivity index (χ1v) is 11.1. The number of urea groups is 1. The molecule has 1 saturated heterocycles. The molecule has 2 N–H and O–H groups in total. The number of imide groups is 1. The van der Waals surface area contributed by atoms with Crippen LogP contribution in [0.1, 0.15) is 27.7 Å². The van der Waals surface area contributed by atoms with Crippen LogP contribution in [0.4, 0.5) is 18.7 Å². The molecule has 0 aliphatic carbocycles. The van der Waals surface area contributed by atoms with E-state index in [0.29, 0.717) is 10.5 Å². The van der Waals surface area contributed by atoms with Crippen LogP contribution >= 0.6 is 11.3 Å². The van der Waals surface area contributed by atoms with Crippen molar-refractivity contribution in [2.75, 3.05) is 12.4 Å². The Morgan fingerprint density at radius 1 is 1.17 bits per heavy atom. The quantitative estimate of drug-likeness (QED) is 0.380. The molecule has 35 heavy (non-hydrogen) atoms. The number of aromatic nitrogens is 1. The second-order valence-electron chi connectivity index (χ2n) is 7.46. The lowest BCUT2D eigenvalue weighted by Gasteiger charge is -2.24. The average molecular weight is 500 g/mol. The lowest BCUT2D eigenvalue weighted by Crippen LogP contribution is -2.49. The van der Waals surface area contributed by atoms with E-state index in [4.69, 9.17) is 0 Å². The predicted molar refractivity (Wildman–Crippen MR) is 120 cm³/mol. The lowest BCUT2D eigenvalue weighted by atomic mass is 10.0. The molecule has 1 aliphatic heterocycles. The molecule has 3 aromatic rings. The molecule has 0 unspecified atom stereocenters. The van der Waals surface area contributed by atoms with Crippen LogP contribution in [0.3, 0.4) is 0 Å². The molecule has 0 bridgehead atoms. The second kappa shape index (κ2) is 9.97. The summed E-state index contributed by atoms with van der Waals surface area (Å²) in [5, 5.41) is 6.26. The van der Waals surface area contributed by atoms with E-state index in [0.717, 1.165) is 17.4 Å². The fraction of sp³-hybridized carbons (Fsp3) is 0.174. The Morgan fingerprint density at radius 2 is 1.91 bits per heavy atom. The number of methoxy groups -OCH3 is 1. The van der Waals surface area contributed by atoms with E-state index in [-0.39, 0.29) is 22.8 Å². The van der Waals surface area contributed by atoms with Crippen LogP contribution < -0.4 is 10.6 Å². The van der Waals surface area contributed by atoms with Gasteiger partial charge in [0.05, 0.1) is 7.11 Å². The Morgan fingerprint density at radius 3 is 2.63 bits per heavy atom. The number of halogens is 2. The molecule has 2 atom stereocenters. The fourth-order valence-corrected chi connectivity index (χ4v) is 4.28. The topological polar surface area (TPSA) is 118 Å². The van der Waals surface area contributed by atoms with Crippen molar-refractivity contribution in [2.24, 2.45) is 0 Å². The highest BCUT2D eigenvalue weighted by Crippen LogP contribution is 2.28. The lowest BCUT2D eigenvalue weighted by molar-refractivity contribution is -0.134. The number of amides is 4. The minimum Gasteiger partial charge on any atom is -0.464 e. The minimum absolute atomic E-state index is 0.0240. The van der Waals surface area contributed by atoms with Crippen LogP contribution in [0.15, 0.2) is 53.9 Å². The highest BCUT2D eigenvalue weighted by molar-refractivity contribution is 7.14. The van der Waals surface area contributed by atoms with E-state index in [2.05, 4.69) is 20.4 Å². The Balaban J connectivity index is 1.64. The second-order valence-corrected chi connectivity index (χ2v) is 8.32. The summed E-state index contributed by atoms with van der Waals surface area (Å²) in [7, 11) is 1.19. The molecule has 4 amide bonds. The Bertz CT molecular complexity index is 1300. The van der Waals surface area contributed by atoms with Gasteiger partial charge in [0.2, 0.25) is 5.91 Å². The summed E-state index contributed by atoms with van der Waals surface area (Å²) < 4.78 is 32.7. The molecule has 0 spiro atoms. The van der Waals surface area contributed by atoms with Crippen LogP contribution in [-0.2, 0) is 20.7 Å². The van der Waals surface area contributed by atoms with Gasteiger partial charge < -0.3 is 15.4 Å². The molecular formula is C23H18F2N4O5S. The van der Waals surface area contributed by atoms with Crippen molar-refractivity contribution in [3.63, 3.8) is 0 Å². The molecule has 1 aliphatic rings. The van der Waals surface area contributed by atoms with Crippen molar-refractivity contribution < 1.29 is 32.7 Å². The summed E-state index contributed by atoms with van der Waals surface area (Å²) in [4.78, 5) is 55.6. The first-order valence-electron chi connectivity index (χ1n) is 10.3. The first-order chi connectivity index (χ1) is 16.8. The van der Waals surface area contributed by atoms with Crippen molar-refractivity contribution in [1.82, 2.24) is 15.2 Å². The van der Waals surface area contributed by atoms with Gasteiger partial charge >= 0.3 is 12.0 Å². The number of thiazole rings is 1. The maximum Gasteiger partial charge on any atom is 0.357 e. The number of carbonyl (C=O) groups is 4. The van der Waals surface area contributed by atoms with E-state index >= 15 is 0 Å². The van der Waals surface area contributed by atoms with E-state index in [1.54, 1.807) is 30.3 Å². The van der Waals surface area contributed by atoms with Crippen LogP contribution in [0, 0.1) is 11.6 Å². The average Bonchev–Trinajstić information content (AvgIpc) is 3.43. The third kappa shape index (κ3) is 4.87. The molecule has 0 radical (unpaired) electrons. The van der Waals surface area contributed by atoms with Gasteiger partial charge in [0.1, 0.15) is 12.1 Å². The molecule has 4 rings (SSSR count). The number of hydrogen-bond donors (Lipinski definition) is 2. The third-order valence-electron chi connectivity index (χ3n) is 5.28. The van der Waals surface area contributed by atoms with Crippen molar-refractivity contribution in [1.29, 1.82) is 0 Å². The van der Waals surface area contributed by atoms with Gasteiger partial charge in [-0.2, -0.15) is 0 Å². The highest BCUT2D eigenvalue weighted by Gasteiger charge is 2.46. The largest absolute Gasteiger partial charge is 0.464 e. The summed E-state index contributed by atoms with van der Waals surface area (Å²) >= 11 is 0.951. The maximum atomic E-state index is 14.4. The summed E-state index contributed by atoms with van der Waals surface area (Å²) in [5.41, 5.74) is 0.263. The zero-order chi connectivity index (χ0) is 25.1. The van der Waals surface area contributed by atoms with Crippen LogP contribution in [0.2, 0.25) is 0 Å². The Hall–Kier alpha value is -4.19. The Kier molecular flexibility index (Phi) is 6.82. The summed E-state index contributed by atoms with van der Waals surface area (Å²) in [6.45, 7) is 0. The summed E-state index contributed by atoms with van der Waals surface area (Å²) in [6.07, 6.45) is -0.0561. The SMILES string of the molecule is COC(=O)c1csc(NC(=O)[C@H](Cc2ccccc2)N2C(=O)N[C@@H](c3cccc(F)c3F)C2=O)n1. The molecular weight excluding hydrogens is 482 g/mol. The molecule has 0 saturated carbocycles. The monoisotopic (exact) mass is 500 g/mol. The number of rotatable bonds is 7. The summed E-state index contributed by atoms with van der Waals surface area (Å²) in [6, 6.07) is 8.13. The summed E-state index contributed by atoms with van der Waals surface area (Å²) in [5.74, 6) is -4.81. The molecule has 180 valence electrons. The first kappa shape index (κ1) is 24.0. The van der Waals surface area contributed by atoms with Gasteiger partial charge in [-0.25, -0.2) is 28.3 Å². The third-order valence-corrected chi connectivity index (χ3v) is 6.04. The zero-order valence-electron chi connectivity index (χ0n) is 18.2. The van der Waals surface area contributed by atoms with Gasteiger partial charge in [-0.3, -0.25) is 9.59 Å². The van der Waals surface area contributed by atoms with Crippen LogP contribution in [0.5, 0.6) is 0 Å². The van der Waals surface area contributed by atoms with Crippen molar-refractivity contribution in [3.05, 3.63) is 82.4 Å². The van der Waals surface area contributed by atoms with Gasteiger partial charge in [0.25, 0.3) is 5.91 Å². The van der Waals surface area contributed by atoms with Crippen molar-refractivity contribution >= 4 is 40.3 Å².